The van der Waals surface area contributed by atoms with Gasteiger partial charge in [0.25, 0.3) is 5.97 Å². The summed E-state index contributed by atoms with van der Waals surface area (Å²) in [6.07, 6.45) is 15.6. The number of H-pyrrole nitrogens is 1. The molecule has 14 rings (SSSR count). The van der Waals surface area contributed by atoms with E-state index in [4.69, 9.17) is 26.2 Å². The Bertz CT molecular complexity index is 5850. The van der Waals surface area contributed by atoms with E-state index >= 15 is 0 Å². The number of phenolic OH excluding ortho intramolecular Hbond substituents is 2. The predicted molar refractivity (Wildman–Crippen MR) is 471 cm³/mol. The van der Waals surface area contributed by atoms with Gasteiger partial charge in [-0.05, 0) is 96.3 Å². The van der Waals surface area contributed by atoms with E-state index in [0.29, 0.717) is 33.7 Å². The third-order valence-corrected chi connectivity index (χ3v) is 18.5. The van der Waals surface area contributed by atoms with E-state index in [2.05, 4.69) is 31.0 Å². The summed E-state index contributed by atoms with van der Waals surface area (Å²) in [6.45, 7) is 14.7. The number of benzene rings is 13. The van der Waals surface area contributed by atoms with Gasteiger partial charge in [-0.3, -0.25) is 41.0 Å². The van der Waals surface area contributed by atoms with Crippen LogP contribution in [0.5, 0.6) is 28.7 Å². The maximum Gasteiger partial charge on any atom is 0.296 e. The molecule has 0 bridgehead atoms. The summed E-state index contributed by atoms with van der Waals surface area (Å²) in [4.78, 5) is 110. The van der Waals surface area contributed by atoms with Gasteiger partial charge in [0.2, 0.25) is 0 Å². The molecule has 1 aromatic heterocycles. The van der Waals surface area contributed by atoms with Crippen LogP contribution in [0, 0.1) is 23.4 Å². The first-order valence-electron chi connectivity index (χ1n) is 38.3. The van der Waals surface area contributed by atoms with E-state index in [1.807, 2.05) is 210 Å². The number of hydrogen-bond acceptors (Lipinski definition) is 14. The summed E-state index contributed by atoms with van der Waals surface area (Å²) in [7, 11) is 0. The summed E-state index contributed by atoms with van der Waals surface area (Å²) in [5, 5.41) is 21.1. The number of aromatic amines is 1. The van der Waals surface area contributed by atoms with E-state index < -0.39 is 23.5 Å². The Morgan fingerprint density at radius 2 is 0.815 bits per heavy atom. The van der Waals surface area contributed by atoms with Crippen molar-refractivity contribution in [3.05, 3.63) is 387 Å². The number of esters is 1. The molecular weight excluding hydrogens is 2280 g/mol. The zero-order chi connectivity index (χ0) is 88.6. The Labute approximate surface area is 963 Å². The minimum absolute atomic E-state index is 0. The molecule has 0 spiro atoms. The molecule has 646 valence electrons. The van der Waals surface area contributed by atoms with Crippen LogP contribution < -0.4 is 9.47 Å². The number of aromatic hydroxyl groups is 2. The molecule has 14 aromatic rings. The predicted octanol–water partition coefficient (Wildman–Crippen LogP) is 22.5. The van der Waals surface area contributed by atoms with Crippen molar-refractivity contribution in [1.82, 2.24) is 4.98 Å². The maximum atomic E-state index is 13.9. The fourth-order valence-corrected chi connectivity index (χ4v) is 11.8. The standard InChI is InChI=1S/C16H13O2.C15H11ClNO.C15H12FO.C15H13O2.C13H7F2O2.C13H17O.C9H7O3.C7H5O2.8Y/c1-12(11-17)14-8-5-9-15(10-14)16(18)13-6-3-2-4-7-13;1-9(8-18)10-2-4-12-13-7-11(16)3-5-14(13)17-15(12)6-10;1-11(10-17)13-7-8-14(15(16)9-13)12-5-3-2-4-6-12;1-12(11-16)13-6-5-9-15(10-13)17-14-7-3-2-4-8-14;14-10-2-3-11(12(15)6-10)8-1-4-13(17)9(5-8)7-16;1-10(2)8-12-4-6-13(7-5-12)11(3)9-14;1-7(11)12-9-5-3-2-4-8(9)6-10;8-5-6-3-1-2-4-7(6)9;;;;;;;;/h2-10,12H,1H3;2-7,9,17H,1H3;2-9,11H,1H3;2-10,12H,1H3;1-6,17H;4-7,10-11H,8H2,1-3H3;2-5H,1H3;1-4,9H;;;;;;;;/q8*-1;;;;;;;;. The molecule has 0 aliphatic carbocycles. The number of hydrogen-bond donors (Lipinski definition) is 3. The van der Waals surface area contributed by atoms with E-state index in [0.717, 1.165) is 84.7 Å². The van der Waals surface area contributed by atoms with Gasteiger partial charge < -0.3 is 63.0 Å². The molecule has 0 aliphatic heterocycles. The average Bonchev–Trinajstić information content (AvgIpc) is 1.65. The van der Waals surface area contributed by atoms with Crippen molar-refractivity contribution >= 4 is 95.4 Å². The maximum absolute atomic E-state index is 13.9. The Hall–Kier alpha value is -5.53. The first-order chi connectivity index (χ1) is 58.7. The van der Waals surface area contributed by atoms with Crippen LogP contribution in [0.4, 0.5) is 13.2 Å². The van der Waals surface area contributed by atoms with Crippen LogP contribution in [0.3, 0.4) is 0 Å². The third kappa shape index (κ3) is 42.0. The molecule has 0 amide bonds. The normalized spacial score (nSPS) is 10.7. The van der Waals surface area contributed by atoms with Crippen molar-refractivity contribution in [3.8, 4) is 51.0 Å². The number of nitrogens with one attached hydrogen (secondary N) is 1. The van der Waals surface area contributed by atoms with Crippen LogP contribution >= 0.6 is 11.6 Å². The van der Waals surface area contributed by atoms with Gasteiger partial charge in [-0.15, -0.1) is 64.5 Å². The largest absolute Gasteiger partial charge is 0.565 e. The van der Waals surface area contributed by atoms with Crippen molar-refractivity contribution in [1.29, 1.82) is 0 Å². The molecular formula is C103H85ClF3NO14Y8-8. The fourth-order valence-electron chi connectivity index (χ4n) is 11.6. The van der Waals surface area contributed by atoms with Gasteiger partial charge >= 0.3 is 0 Å². The number of carbonyl (C=O) groups is 2. The summed E-state index contributed by atoms with van der Waals surface area (Å²) in [5.74, 6) is -1.24. The van der Waals surface area contributed by atoms with Crippen molar-refractivity contribution in [2.45, 2.75) is 91.4 Å². The molecule has 3 N–H and O–H groups in total. The van der Waals surface area contributed by atoms with Gasteiger partial charge in [0.1, 0.15) is 29.0 Å². The van der Waals surface area contributed by atoms with Crippen molar-refractivity contribution in [3.63, 3.8) is 0 Å². The first-order valence-corrected chi connectivity index (χ1v) is 38.7. The van der Waals surface area contributed by atoms with Gasteiger partial charge in [0, 0.05) is 341 Å². The smallest absolute Gasteiger partial charge is 0.296 e. The summed E-state index contributed by atoms with van der Waals surface area (Å²) in [6, 6.07) is 87.3. The van der Waals surface area contributed by atoms with Crippen molar-refractivity contribution < 1.29 is 342 Å². The van der Waals surface area contributed by atoms with E-state index in [9.17, 15) is 66.2 Å². The second kappa shape index (κ2) is 68.5. The Morgan fingerprint density at radius 1 is 0.369 bits per heavy atom. The number of halogens is 4. The second-order valence-corrected chi connectivity index (χ2v) is 28.3. The van der Waals surface area contributed by atoms with E-state index in [-0.39, 0.29) is 336 Å². The van der Waals surface area contributed by atoms with Crippen LogP contribution in [0.2, 0.25) is 5.02 Å². The van der Waals surface area contributed by atoms with Gasteiger partial charge in [-0.2, -0.15) is 12.1 Å². The quantitative estimate of drug-likeness (QED) is 0.0247. The molecule has 0 fully saturated rings. The molecule has 5 unspecified atom stereocenters. The fraction of sp³-hybridized carbons (Fsp3) is 0.146. The van der Waals surface area contributed by atoms with Crippen LogP contribution in [0.25, 0.3) is 44.1 Å². The average molecular weight is 2360 g/mol. The van der Waals surface area contributed by atoms with E-state index in [1.54, 1.807) is 99.2 Å². The Balaban J connectivity index is 0. The molecule has 0 saturated carbocycles. The molecule has 5 atom stereocenters. The monoisotopic (exact) mass is 2360 g/mol. The molecule has 8 radical (unpaired) electrons. The minimum atomic E-state index is -0.729. The second-order valence-electron chi connectivity index (χ2n) is 27.8. The summed E-state index contributed by atoms with van der Waals surface area (Å²) in [5.41, 5.74) is 11.4. The number of carbonyl (C=O) groups excluding carboxylic acids is 10. The first kappa shape index (κ1) is 127. The topological polar surface area (TPSA) is 245 Å². The van der Waals surface area contributed by atoms with Gasteiger partial charge in [0.15, 0.2) is 5.78 Å². The number of ether oxygens (including phenoxy) is 2. The zero-order valence-electron chi connectivity index (χ0n) is 72.5. The molecule has 130 heavy (non-hydrogen) atoms. The molecule has 13 aromatic carbocycles. The van der Waals surface area contributed by atoms with Gasteiger partial charge in [-0.1, -0.05) is 288 Å². The Kier molecular flexibility index (Phi) is 66.6. The number of fused-ring (bicyclic) bond motifs is 3. The molecule has 0 saturated heterocycles. The van der Waals surface area contributed by atoms with Gasteiger partial charge in [0.05, 0.1) is 18.9 Å². The number of ketones is 1. The van der Waals surface area contributed by atoms with E-state index in [1.165, 1.54) is 67.3 Å². The molecule has 15 nitrogen and oxygen atoms in total. The number of aromatic nitrogens is 1. The number of phenols is 2. The van der Waals surface area contributed by atoms with Crippen LogP contribution in [0.1, 0.15) is 151 Å². The molecule has 27 heteroatoms. The number of para-hydroxylation sites is 3. The summed E-state index contributed by atoms with van der Waals surface area (Å²) >= 11 is 6.01. The van der Waals surface area contributed by atoms with Gasteiger partial charge in [-0.25, -0.2) is 13.2 Å². The zero-order valence-corrected chi connectivity index (χ0v) is 95.9. The molecule has 0 aliphatic rings. The van der Waals surface area contributed by atoms with Crippen molar-refractivity contribution in [2.75, 3.05) is 0 Å². The van der Waals surface area contributed by atoms with Crippen LogP contribution in [-0.2, 0) is 311 Å². The third-order valence-electron chi connectivity index (χ3n) is 18.3. The molecule has 1 heterocycles. The van der Waals surface area contributed by atoms with Crippen LogP contribution in [-0.4, -0.2) is 77.2 Å². The number of rotatable bonds is 22. The SMILES string of the molecule is CC(=O)Oc1ccccc1[C-]=O.CC(C)Cc1ccc(C(C)[C-]=O)cc1.CC([C-]=O)c1ccc(-c2ccccc2)c(F)c1.CC([C-]=O)c1ccc2c(c1)[nH]c1ccc(Cl)cc12.CC([C-]=O)c1cccc(C(=O)c2ccccc2)c1.CC([C-]=O)c1cccc(Oc2ccccc2)c1.O=[C-]c1cc(-c2ccc(F)cc2F)ccc1O.O=[C-]c1ccccc1O.[Y].[Y].[Y].[Y].[Y].[Y].[Y].[Y]. The Morgan fingerprint density at radius 3 is 1.35 bits per heavy atom. The van der Waals surface area contributed by atoms with Crippen LogP contribution in [0.15, 0.2) is 303 Å². The van der Waals surface area contributed by atoms with Crippen molar-refractivity contribution in [2.24, 2.45) is 5.92 Å². The minimum Gasteiger partial charge on any atom is -0.565 e. The summed E-state index contributed by atoms with van der Waals surface area (Å²) < 4.78 is 50.5.